The van der Waals surface area contributed by atoms with Crippen molar-refractivity contribution in [3.8, 4) is 0 Å². The number of carboxylic acid groups (broad SMARTS) is 1. The largest absolute Gasteiger partial charge is 0.481 e. The maximum absolute atomic E-state index is 12.2. The fourth-order valence-corrected chi connectivity index (χ4v) is 4.59. The average Bonchev–Trinajstić information content (AvgIpc) is 2.84. The number of rotatable bonds is 6. The molecule has 1 N–H and O–H groups in total. The lowest BCUT2D eigenvalue weighted by atomic mass is 9.95. The van der Waals surface area contributed by atoms with Gasteiger partial charge in [0.05, 0.1) is 10.1 Å². The van der Waals surface area contributed by atoms with E-state index >= 15 is 0 Å². The highest BCUT2D eigenvalue weighted by Gasteiger charge is 2.24. The SMILES string of the molecule is O=C(O)CC1CCCN(C(=O)CSCc2ccc(Cl)s2)C1. The Morgan fingerprint density at radius 2 is 2.29 bits per heavy atom. The molecule has 0 saturated carbocycles. The van der Waals surface area contributed by atoms with Crippen LogP contribution in [0.2, 0.25) is 4.34 Å². The van der Waals surface area contributed by atoms with Crippen LogP contribution in [0.3, 0.4) is 0 Å². The van der Waals surface area contributed by atoms with Crippen molar-refractivity contribution in [1.29, 1.82) is 0 Å². The lowest BCUT2D eigenvalue weighted by Crippen LogP contribution is -2.41. The molecular formula is C14H18ClNO3S2. The minimum Gasteiger partial charge on any atom is -0.481 e. The molecule has 116 valence electrons. The zero-order valence-electron chi connectivity index (χ0n) is 11.6. The second-order valence-corrected chi connectivity index (χ2v) is 7.93. The Hall–Kier alpha value is -0.720. The highest BCUT2D eigenvalue weighted by molar-refractivity contribution is 7.99. The molecule has 0 spiro atoms. The quantitative estimate of drug-likeness (QED) is 0.857. The number of likely N-dealkylation sites (tertiary alicyclic amines) is 1. The Labute approximate surface area is 137 Å². The molecule has 2 rings (SSSR count). The van der Waals surface area contributed by atoms with E-state index in [1.807, 2.05) is 17.0 Å². The van der Waals surface area contributed by atoms with E-state index in [1.165, 1.54) is 16.2 Å². The van der Waals surface area contributed by atoms with Crippen LogP contribution in [-0.2, 0) is 15.3 Å². The molecule has 1 aromatic rings. The highest BCUT2D eigenvalue weighted by Crippen LogP contribution is 2.26. The molecule has 0 aliphatic carbocycles. The first kappa shape index (κ1) is 16.6. The fourth-order valence-electron chi connectivity index (χ4n) is 2.46. The summed E-state index contributed by atoms with van der Waals surface area (Å²) < 4.78 is 0.768. The maximum Gasteiger partial charge on any atom is 0.303 e. The van der Waals surface area contributed by atoms with Crippen molar-refractivity contribution >= 4 is 46.6 Å². The van der Waals surface area contributed by atoms with Crippen molar-refractivity contribution in [3.63, 3.8) is 0 Å². The van der Waals surface area contributed by atoms with E-state index in [4.69, 9.17) is 16.7 Å². The van der Waals surface area contributed by atoms with Crippen molar-refractivity contribution in [3.05, 3.63) is 21.3 Å². The molecule has 1 fully saturated rings. The van der Waals surface area contributed by atoms with Crippen LogP contribution in [0.15, 0.2) is 12.1 Å². The second-order valence-electron chi connectivity index (χ2n) is 5.14. The van der Waals surface area contributed by atoms with Crippen LogP contribution in [0.4, 0.5) is 0 Å². The number of nitrogens with zero attached hydrogens (tertiary/aromatic N) is 1. The van der Waals surface area contributed by atoms with E-state index < -0.39 is 5.97 Å². The van der Waals surface area contributed by atoms with E-state index in [9.17, 15) is 9.59 Å². The first-order valence-electron chi connectivity index (χ1n) is 6.86. The molecule has 0 aromatic carbocycles. The van der Waals surface area contributed by atoms with Gasteiger partial charge in [0.1, 0.15) is 0 Å². The number of carbonyl (C=O) groups is 2. The van der Waals surface area contributed by atoms with Gasteiger partial charge in [0, 0.05) is 30.1 Å². The molecule has 1 aliphatic rings. The second kappa shape index (κ2) is 8.06. The Bertz CT molecular complexity index is 506. The first-order valence-corrected chi connectivity index (χ1v) is 9.21. The van der Waals surface area contributed by atoms with Gasteiger partial charge in [0.25, 0.3) is 0 Å². The molecule has 1 aliphatic heterocycles. The number of carboxylic acids is 1. The van der Waals surface area contributed by atoms with E-state index in [0.29, 0.717) is 12.3 Å². The number of carbonyl (C=O) groups excluding carboxylic acids is 1. The van der Waals surface area contributed by atoms with Gasteiger partial charge in [0.15, 0.2) is 0 Å². The van der Waals surface area contributed by atoms with E-state index in [0.717, 1.165) is 29.5 Å². The van der Waals surface area contributed by atoms with Gasteiger partial charge in [-0.1, -0.05) is 11.6 Å². The van der Waals surface area contributed by atoms with Crippen LogP contribution in [0.1, 0.15) is 24.1 Å². The van der Waals surface area contributed by atoms with Gasteiger partial charge < -0.3 is 10.0 Å². The van der Waals surface area contributed by atoms with Gasteiger partial charge in [-0.2, -0.15) is 0 Å². The van der Waals surface area contributed by atoms with Crippen LogP contribution < -0.4 is 0 Å². The minimum atomic E-state index is -0.779. The fraction of sp³-hybridized carbons (Fsp3) is 0.571. The topological polar surface area (TPSA) is 57.6 Å². The molecular weight excluding hydrogens is 330 g/mol. The number of thioether (sulfide) groups is 1. The summed E-state index contributed by atoms with van der Waals surface area (Å²) in [6, 6.07) is 3.85. The normalized spacial score (nSPS) is 18.7. The van der Waals surface area contributed by atoms with Crippen molar-refractivity contribution < 1.29 is 14.7 Å². The Morgan fingerprint density at radius 3 is 2.95 bits per heavy atom. The van der Waals surface area contributed by atoms with Crippen LogP contribution in [-0.4, -0.2) is 40.7 Å². The number of amides is 1. The van der Waals surface area contributed by atoms with Gasteiger partial charge in [-0.3, -0.25) is 9.59 Å². The van der Waals surface area contributed by atoms with Crippen molar-refractivity contribution in [1.82, 2.24) is 4.90 Å². The summed E-state index contributed by atoms with van der Waals surface area (Å²) in [5, 5.41) is 8.84. The number of hydrogen-bond acceptors (Lipinski definition) is 4. The van der Waals surface area contributed by atoms with Crippen molar-refractivity contribution in [2.75, 3.05) is 18.8 Å². The standard InChI is InChI=1S/C14H18ClNO3S2/c15-12-4-3-11(21-12)8-20-9-13(17)16-5-1-2-10(7-16)6-14(18)19/h3-4,10H,1-2,5-9H2,(H,18,19). The van der Waals surface area contributed by atoms with Gasteiger partial charge in [0.2, 0.25) is 5.91 Å². The zero-order valence-corrected chi connectivity index (χ0v) is 14.0. The maximum atomic E-state index is 12.2. The third-order valence-corrected chi connectivity index (χ3v) is 5.81. The van der Waals surface area contributed by atoms with Crippen LogP contribution >= 0.6 is 34.7 Å². The molecule has 1 amide bonds. The Morgan fingerprint density at radius 1 is 1.48 bits per heavy atom. The summed E-state index contributed by atoms with van der Waals surface area (Å²) >= 11 is 8.98. The van der Waals surface area contributed by atoms with Crippen LogP contribution in [0, 0.1) is 5.92 Å². The minimum absolute atomic E-state index is 0.0984. The predicted molar refractivity (Wildman–Crippen MR) is 87.0 cm³/mol. The summed E-state index contributed by atoms with van der Waals surface area (Å²) in [6.07, 6.45) is 1.95. The third kappa shape index (κ3) is 5.52. The molecule has 4 nitrogen and oxygen atoms in total. The van der Waals surface area contributed by atoms with Crippen molar-refractivity contribution in [2.24, 2.45) is 5.92 Å². The van der Waals surface area contributed by atoms with E-state index in [2.05, 4.69) is 0 Å². The van der Waals surface area contributed by atoms with Crippen LogP contribution in [0.5, 0.6) is 0 Å². The smallest absolute Gasteiger partial charge is 0.303 e. The highest BCUT2D eigenvalue weighted by atomic mass is 35.5. The molecule has 1 saturated heterocycles. The molecule has 1 unspecified atom stereocenters. The van der Waals surface area contributed by atoms with Gasteiger partial charge in [-0.05, 0) is 30.9 Å². The van der Waals surface area contributed by atoms with E-state index in [-0.39, 0.29) is 18.2 Å². The molecule has 0 bridgehead atoms. The number of halogens is 1. The number of piperidine rings is 1. The van der Waals surface area contributed by atoms with Crippen LogP contribution in [0.25, 0.3) is 0 Å². The number of hydrogen-bond donors (Lipinski definition) is 1. The average molecular weight is 348 g/mol. The first-order chi connectivity index (χ1) is 10.0. The summed E-state index contributed by atoms with van der Waals surface area (Å²) in [7, 11) is 0. The summed E-state index contributed by atoms with van der Waals surface area (Å²) in [6.45, 7) is 1.33. The van der Waals surface area contributed by atoms with E-state index in [1.54, 1.807) is 11.8 Å². The monoisotopic (exact) mass is 347 g/mol. The zero-order chi connectivity index (χ0) is 15.2. The molecule has 1 atom stereocenters. The summed E-state index contributed by atoms with van der Waals surface area (Å²) in [5.74, 6) is 0.655. The third-order valence-electron chi connectivity index (χ3n) is 3.43. The Kier molecular flexibility index (Phi) is 6.39. The number of thiophene rings is 1. The number of aliphatic carboxylic acids is 1. The van der Waals surface area contributed by atoms with Gasteiger partial charge in [-0.25, -0.2) is 0 Å². The summed E-state index contributed by atoms with van der Waals surface area (Å²) in [5.41, 5.74) is 0. The summed E-state index contributed by atoms with van der Waals surface area (Å²) in [4.78, 5) is 25.9. The molecule has 2 heterocycles. The van der Waals surface area contributed by atoms with Crippen molar-refractivity contribution in [2.45, 2.75) is 25.0 Å². The molecule has 21 heavy (non-hydrogen) atoms. The molecule has 1 aromatic heterocycles. The Balaban J connectivity index is 1.73. The lowest BCUT2D eigenvalue weighted by molar-refractivity contribution is -0.140. The van der Waals surface area contributed by atoms with Gasteiger partial charge in [-0.15, -0.1) is 23.1 Å². The lowest BCUT2D eigenvalue weighted by Gasteiger charge is -2.32. The molecule has 0 radical (unpaired) electrons. The van der Waals surface area contributed by atoms with Gasteiger partial charge >= 0.3 is 5.97 Å². The molecule has 7 heteroatoms. The predicted octanol–water partition coefficient (Wildman–Crippen LogP) is 3.35.